The molecule has 0 unspecified atom stereocenters. The molecule has 7 heteroatoms. The summed E-state index contributed by atoms with van der Waals surface area (Å²) in [6, 6.07) is 11.3. The molecule has 1 saturated heterocycles. The molecule has 0 bridgehead atoms. The number of nitrogens with zero attached hydrogens (tertiary/aromatic N) is 3. The van der Waals surface area contributed by atoms with Crippen LogP contribution < -0.4 is 15.8 Å². The van der Waals surface area contributed by atoms with Gasteiger partial charge in [-0.25, -0.2) is 9.37 Å². The largest absolute Gasteiger partial charge is 0.393 e. The van der Waals surface area contributed by atoms with E-state index in [2.05, 4.69) is 27.3 Å². The van der Waals surface area contributed by atoms with E-state index >= 15 is 0 Å². The number of nitrogens with one attached hydrogen (secondary N) is 1. The van der Waals surface area contributed by atoms with Crippen LogP contribution in [0.4, 0.5) is 21.6 Å². The highest BCUT2D eigenvalue weighted by molar-refractivity contribution is 5.81. The molecule has 0 radical (unpaired) electrons. The number of fused-ring (bicyclic) bond motifs is 1. The van der Waals surface area contributed by atoms with E-state index in [4.69, 9.17) is 0 Å². The Kier molecular flexibility index (Phi) is 5.36. The molecule has 2 aliphatic rings. The summed E-state index contributed by atoms with van der Waals surface area (Å²) in [5, 5.41) is 13.6. The maximum Gasteiger partial charge on any atom is 0.287 e. The lowest BCUT2D eigenvalue weighted by molar-refractivity contribution is 0.145. The molecule has 162 valence electrons. The van der Waals surface area contributed by atoms with Crippen molar-refractivity contribution < 1.29 is 9.50 Å². The van der Waals surface area contributed by atoms with E-state index in [1.807, 2.05) is 18.2 Å². The average Bonchev–Trinajstić information content (AvgIpc) is 3.30. The second kappa shape index (κ2) is 8.30. The van der Waals surface area contributed by atoms with Crippen molar-refractivity contribution in [3.63, 3.8) is 0 Å². The van der Waals surface area contributed by atoms with E-state index < -0.39 is 11.4 Å². The van der Waals surface area contributed by atoms with E-state index in [0.717, 1.165) is 68.5 Å². The van der Waals surface area contributed by atoms with E-state index in [1.54, 1.807) is 10.8 Å². The van der Waals surface area contributed by atoms with Gasteiger partial charge in [0.1, 0.15) is 5.82 Å². The van der Waals surface area contributed by atoms with Crippen molar-refractivity contribution >= 4 is 28.1 Å². The van der Waals surface area contributed by atoms with Crippen LogP contribution in [-0.2, 0) is 0 Å². The minimum atomic E-state index is -0.720. The van der Waals surface area contributed by atoms with Crippen LogP contribution in [0.3, 0.4) is 0 Å². The molecule has 3 aromatic rings. The number of hydrogen-bond donors (Lipinski definition) is 2. The van der Waals surface area contributed by atoms with Gasteiger partial charge in [0.2, 0.25) is 0 Å². The third-order valence-electron chi connectivity index (χ3n) is 6.54. The summed E-state index contributed by atoms with van der Waals surface area (Å²) in [4.78, 5) is 19.3. The van der Waals surface area contributed by atoms with Gasteiger partial charge in [0.25, 0.3) is 5.56 Å². The van der Waals surface area contributed by atoms with Crippen LogP contribution >= 0.6 is 0 Å². The SMILES string of the molecule is O=c1c(F)cc2cnc(Nc3ccc(N4CCC(O)CC4)cc3)cc2n1C1CCCC1. The fourth-order valence-electron chi connectivity index (χ4n) is 4.82. The van der Waals surface area contributed by atoms with Crippen LogP contribution in [0.5, 0.6) is 0 Å². The Hall–Kier alpha value is -2.93. The number of aliphatic hydroxyl groups is 1. The van der Waals surface area contributed by atoms with Crippen LogP contribution in [-0.4, -0.2) is 33.9 Å². The van der Waals surface area contributed by atoms with E-state index in [1.165, 1.54) is 6.07 Å². The first-order valence-electron chi connectivity index (χ1n) is 11.1. The summed E-state index contributed by atoms with van der Waals surface area (Å²) >= 11 is 0. The Balaban J connectivity index is 1.41. The number of aromatic nitrogens is 2. The number of aliphatic hydroxyl groups excluding tert-OH is 1. The number of halogens is 1. The van der Waals surface area contributed by atoms with Crippen molar-refractivity contribution in [1.82, 2.24) is 9.55 Å². The van der Waals surface area contributed by atoms with Gasteiger partial charge in [-0.15, -0.1) is 0 Å². The van der Waals surface area contributed by atoms with Gasteiger partial charge in [-0.3, -0.25) is 4.79 Å². The fraction of sp³-hybridized carbons (Fsp3) is 0.417. The molecular formula is C24H27FN4O2. The third kappa shape index (κ3) is 4.02. The molecule has 1 aromatic carbocycles. The van der Waals surface area contributed by atoms with Crippen molar-refractivity contribution in [2.24, 2.45) is 0 Å². The molecule has 0 amide bonds. The molecule has 0 spiro atoms. The molecule has 1 saturated carbocycles. The minimum Gasteiger partial charge on any atom is -0.393 e. The molecule has 31 heavy (non-hydrogen) atoms. The number of rotatable bonds is 4. The smallest absolute Gasteiger partial charge is 0.287 e. The second-order valence-electron chi connectivity index (χ2n) is 8.62. The van der Waals surface area contributed by atoms with Gasteiger partial charge < -0.3 is 19.9 Å². The van der Waals surface area contributed by atoms with E-state index in [0.29, 0.717) is 11.2 Å². The van der Waals surface area contributed by atoms with Crippen LogP contribution in [0, 0.1) is 5.82 Å². The zero-order valence-electron chi connectivity index (χ0n) is 17.4. The average molecular weight is 423 g/mol. The monoisotopic (exact) mass is 422 g/mol. The maximum atomic E-state index is 14.2. The lowest BCUT2D eigenvalue weighted by Crippen LogP contribution is -2.35. The fourth-order valence-corrected chi connectivity index (χ4v) is 4.82. The van der Waals surface area contributed by atoms with Gasteiger partial charge in [0, 0.05) is 48.2 Å². The number of benzene rings is 1. The number of anilines is 3. The van der Waals surface area contributed by atoms with E-state index in [-0.39, 0.29) is 12.1 Å². The Bertz CT molecular complexity index is 1130. The molecule has 1 aliphatic heterocycles. The lowest BCUT2D eigenvalue weighted by atomic mass is 10.1. The van der Waals surface area contributed by atoms with Gasteiger partial charge >= 0.3 is 0 Å². The molecule has 5 rings (SSSR count). The Morgan fingerprint density at radius 2 is 1.74 bits per heavy atom. The number of piperidine rings is 1. The van der Waals surface area contributed by atoms with Crippen molar-refractivity contribution in [2.75, 3.05) is 23.3 Å². The molecule has 0 atom stereocenters. The maximum absolute atomic E-state index is 14.2. The van der Waals surface area contributed by atoms with Crippen LogP contribution in [0.2, 0.25) is 0 Å². The highest BCUT2D eigenvalue weighted by Gasteiger charge is 2.22. The summed E-state index contributed by atoms with van der Waals surface area (Å²) in [6.45, 7) is 1.71. The Morgan fingerprint density at radius 3 is 2.45 bits per heavy atom. The quantitative estimate of drug-likeness (QED) is 0.654. The Morgan fingerprint density at radius 1 is 1.03 bits per heavy atom. The highest BCUT2D eigenvalue weighted by Crippen LogP contribution is 2.32. The van der Waals surface area contributed by atoms with Gasteiger partial charge in [0.05, 0.1) is 11.6 Å². The van der Waals surface area contributed by atoms with Gasteiger partial charge in [0.15, 0.2) is 5.82 Å². The summed E-state index contributed by atoms with van der Waals surface area (Å²) in [5.74, 6) is -0.0955. The molecular weight excluding hydrogens is 395 g/mol. The van der Waals surface area contributed by atoms with Gasteiger partial charge in [-0.2, -0.15) is 0 Å². The number of pyridine rings is 2. The summed E-state index contributed by atoms with van der Waals surface area (Å²) < 4.78 is 15.9. The summed E-state index contributed by atoms with van der Waals surface area (Å²) in [7, 11) is 0. The second-order valence-corrected chi connectivity index (χ2v) is 8.62. The highest BCUT2D eigenvalue weighted by atomic mass is 19.1. The molecule has 6 nitrogen and oxygen atoms in total. The normalized spacial score (nSPS) is 18.1. The van der Waals surface area contributed by atoms with Gasteiger partial charge in [-0.1, -0.05) is 12.8 Å². The predicted molar refractivity (Wildman–Crippen MR) is 121 cm³/mol. The van der Waals surface area contributed by atoms with Crippen molar-refractivity contribution in [3.8, 4) is 0 Å². The minimum absolute atomic E-state index is 0.0447. The van der Waals surface area contributed by atoms with Crippen LogP contribution in [0.15, 0.2) is 47.4 Å². The topological polar surface area (TPSA) is 70.4 Å². The van der Waals surface area contributed by atoms with Crippen molar-refractivity contribution in [3.05, 3.63) is 58.8 Å². The predicted octanol–water partition coefficient (Wildman–Crippen LogP) is 4.36. The van der Waals surface area contributed by atoms with Crippen molar-refractivity contribution in [2.45, 2.75) is 50.7 Å². The molecule has 1 aliphatic carbocycles. The van der Waals surface area contributed by atoms with Crippen LogP contribution in [0.1, 0.15) is 44.6 Å². The molecule has 3 heterocycles. The summed E-state index contributed by atoms with van der Waals surface area (Å²) in [5.41, 5.74) is 2.20. The standard InChI is InChI=1S/C24H27FN4O2/c25-21-13-16-15-26-23(14-22(16)29(24(21)31)19-3-1-2-4-19)27-17-5-7-18(8-6-17)28-11-9-20(30)10-12-28/h5-8,13-15,19-20,30H,1-4,9-12H2,(H,26,27). The Labute approximate surface area is 180 Å². The summed E-state index contributed by atoms with van der Waals surface area (Å²) in [6.07, 6.45) is 6.96. The van der Waals surface area contributed by atoms with Crippen molar-refractivity contribution in [1.29, 1.82) is 0 Å². The van der Waals surface area contributed by atoms with Crippen LogP contribution in [0.25, 0.3) is 10.9 Å². The first-order chi connectivity index (χ1) is 15.1. The molecule has 2 aromatic heterocycles. The zero-order chi connectivity index (χ0) is 21.4. The van der Waals surface area contributed by atoms with E-state index in [9.17, 15) is 14.3 Å². The number of hydrogen-bond acceptors (Lipinski definition) is 5. The zero-order valence-corrected chi connectivity index (χ0v) is 17.4. The first-order valence-corrected chi connectivity index (χ1v) is 11.1. The lowest BCUT2D eigenvalue weighted by Gasteiger charge is -2.31. The molecule has 2 fully saturated rings. The first kappa shape index (κ1) is 20.0. The van der Waals surface area contributed by atoms with Gasteiger partial charge in [-0.05, 0) is 56.0 Å². The third-order valence-corrected chi connectivity index (χ3v) is 6.54. The molecule has 2 N–H and O–H groups in total.